The van der Waals surface area contributed by atoms with Gasteiger partial charge in [-0.2, -0.15) is 0 Å². The van der Waals surface area contributed by atoms with Crippen LogP contribution in [0.2, 0.25) is 0 Å². The number of nitrogens with zero attached hydrogens (tertiary/aromatic N) is 5. The van der Waals surface area contributed by atoms with E-state index in [1.54, 1.807) is 6.20 Å². The van der Waals surface area contributed by atoms with Gasteiger partial charge in [-0.1, -0.05) is 140 Å². The highest BCUT2D eigenvalue weighted by atomic mass is 14.9. The summed E-state index contributed by atoms with van der Waals surface area (Å²) in [4.78, 5) is 24.4. The highest BCUT2D eigenvalue weighted by Gasteiger charge is 2.14. The summed E-state index contributed by atoms with van der Waals surface area (Å²) in [6, 6.07) is 64.3. The Morgan fingerprint density at radius 2 is 0.722 bits per heavy atom. The maximum absolute atomic E-state index is 5.04. The van der Waals surface area contributed by atoms with Crippen LogP contribution in [0.25, 0.3) is 90.1 Å². The van der Waals surface area contributed by atoms with Crippen LogP contribution in [0.1, 0.15) is 0 Å². The van der Waals surface area contributed by atoms with Gasteiger partial charge < -0.3 is 0 Å². The van der Waals surface area contributed by atoms with E-state index in [1.807, 2.05) is 85.1 Å². The Balaban J connectivity index is 1.04. The average Bonchev–Trinajstić information content (AvgIpc) is 3.27. The molecule has 0 bridgehead atoms. The normalized spacial score (nSPS) is 11.0. The molecule has 9 rings (SSSR count). The zero-order valence-electron chi connectivity index (χ0n) is 29.3. The van der Waals surface area contributed by atoms with E-state index >= 15 is 0 Å². The van der Waals surface area contributed by atoms with Gasteiger partial charge in [-0.15, -0.1) is 0 Å². The molecule has 0 spiro atoms. The summed E-state index contributed by atoms with van der Waals surface area (Å²) in [5.74, 6) is 0.702. The van der Waals surface area contributed by atoms with E-state index in [1.165, 1.54) is 0 Å². The molecule has 0 saturated heterocycles. The quantitative estimate of drug-likeness (QED) is 0.159. The first-order valence-corrected chi connectivity index (χ1v) is 17.9. The van der Waals surface area contributed by atoms with Crippen molar-refractivity contribution in [3.63, 3.8) is 0 Å². The van der Waals surface area contributed by atoms with E-state index in [4.69, 9.17) is 19.9 Å². The minimum atomic E-state index is 0.702. The first kappa shape index (κ1) is 32.5. The zero-order chi connectivity index (χ0) is 36.1. The van der Waals surface area contributed by atoms with Gasteiger partial charge in [0.2, 0.25) is 0 Å². The van der Waals surface area contributed by atoms with Gasteiger partial charge in [0, 0.05) is 29.1 Å². The van der Waals surface area contributed by atoms with Crippen LogP contribution >= 0.6 is 0 Å². The summed E-state index contributed by atoms with van der Waals surface area (Å²) in [6.07, 6.45) is 3.65. The maximum Gasteiger partial charge on any atom is 0.160 e. The summed E-state index contributed by atoms with van der Waals surface area (Å²) >= 11 is 0. The van der Waals surface area contributed by atoms with Crippen molar-refractivity contribution in [2.24, 2.45) is 0 Å². The Bertz CT molecular complexity index is 2380. The largest absolute Gasteiger partial charge is 0.255 e. The van der Waals surface area contributed by atoms with Crippen LogP contribution in [0, 0.1) is 0 Å². The molecule has 54 heavy (non-hydrogen) atoms. The Hall–Kier alpha value is -7.37. The van der Waals surface area contributed by atoms with Crippen molar-refractivity contribution < 1.29 is 0 Å². The first-order chi connectivity index (χ1) is 26.7. The molecule has 254 valence electrons. The van der Waals surface area contributed by atoms with Crippen LogP contribution in [0.5, 0.6) is 0 Å². The molecule has 0 aliphatic carbocycles. The van der Waals surface area contributed by atoms with E-state index in [0.717, 1.165) is 84.2 Å². The van der Waals surface area contributed by atoms with E-state index in [-0.39, 0.29) is 0 Å². The van der Waals surface area contributed by atoms with Gasteiger partial charge in [-0.3, -0.25) is 9.97 Å². The summed E-state index contributed by atoms with van der Waals surface area (Å²) in [5, 5.41) is 0. The molecule has 0 fully saturated rings. The molecule has 0 radical (unpaired) electrons. The summed E-state index contributed by atoms with van der Waals surface area (Å²) < 4.78 is 0. The van der Waals surface area contributed by atoms with Crippen molar-refractivity contribution in [3.8, 4) is 90.1 Å². The number of benzene rings is 5. The minimum Gasteiger partial charge on any atom is -0.255 e. The highest BCUT2D eigenvalue weighted by molar-refractivity contribution is 5.79. The van der Waals surface area contributed by atoms with Crippen LogP contribution in [-0.4, -0.2) is 24.9 Å². The predicted molar refractivity (Wildman–Crippen MR) is 219 cm³/mol. The number of hydrogen-bond acceptors (Lipinski definition) is 5. The summed E-state index contributed by atoms with van der Waals surface area (Å²) in [6.45, 7) is 0. The monoisotopic (exact) mass is 691 g/mol. The van der Waals surface area contributed by atoms with Crippen LogP contribution < -0.4 is 0 Å². The summed E-state index contributed by atoms with van der Waals surface area (Å²) in [7, 11) is 0. The van der Waals surface area contributed by atoms with Gasteiger partial charge in [0.15, 0.2) is 5.82 Å². The van der Waals surface area contributed by atoms with Gasteiger partial charge >= 0.3 is 0 Å². The van der Waals surface area contributed by atoms with Crippen molar-refractivity contribution >= 4 is 0 Å². The minimum absolute atomic E-state index is 0.702. The Kier molecular flexibility index (Phi) is 8.86. The first-order valence-electron chi connectivity index (χ1n) is 17.9. The van der Waals surface area contributed by atoms with E-state index in [2.05, 4.69) is 114 Å². The van der Waals surface area contributed by atoms with Crippen LogP contribution in [-0.2, 0) is 0 Å². The lowest BCUT2D eigenvalue weighted by Gasteiger charge is -2.11. The fourth-order valence-corrected chi connectivity index (χ4v) is 6.64. The highest BCUT2D eigenvalue weighted by Crippen LogP contribution is 2.33. The second-order valence-electron chi connectivity index (χ2n) is 13.0. The molecule has 5 heteroatoms. The predicted octanol–water partition coefficient (Wildman–Crippen LogP) is 12.0. The molecule has 4 heterocycles. The number of hydrogen-bond donors (Lipinski definition) is 0. The van der Waals surface area contributed by atoms with E-state index < -0.39 is 0 Å². The molecule has 5 nitrogen and oxygen atoms in total. The second-order valence-corrected chi connectivity index (χ2v) is 13.0. The van der Waals surface area contributed by atoms with Gasteiger partial charge in [0.25, 0.3) is 0 Å². The average molecular weight is 692 g/mol. The van der Waals surface area contributed by atoms with E-state index in [9.17, 15) is 0 Å². The van der Waals surface area contributed by atoms with Gasteiger partial charge in [0.05, 0.1) is 34.2 Å². The van der Waals surface area contributed by atoms with Crippen molar-refractivity contribution in [2.75, 3.05) is 0 Å². The molecular formula is C49H33N5. The molecule has 0 aliphatic rings. The third kappa shape index (κ3) is 6.94. The smallest absolute Gasteiger partial charge is 0.160 e. The van der Waals surface area contributed by atoms with Gasteiger partial charge in [-0.05, 0) is 81.9 Å². The maximum atomic E-state index is 5.04. The lowest BCUT2D eigenvalue weighted by molar-refractivity contribution is 1.18. The molecule has 0 N–H and O–H groups in total. The standard InChI is InChI=1S/C49H33N5/c1-4-13-34(14-5-1)42-31-47(43-21-10-11-27-50-43)52-48(32-42)46-30-40(26-28-51-46)36-24-22-35(23-25-36)39-19-12-20-41(29-39)45-33-44(37-15-6-2-7-16-37)53-49(54-45)38-17-8-3-9-18-38/h1-33H. The lowest BCUT2D eigenvalue weighted by Crippen LogP contribution is -1.96. The third-order valence-corrected chi connectivity index (χ3v) is 9.42. The topological polar surface area (TPSA) is 64.5 Å². The van der Waals surface area contributed by atoms with Crippen LogP contribution in [0.3, 0.4) is 0 Å². The zero-order valence-corrected chi connectivity index (χ0v) is 29.3. The van der Waals surface area contributed by atoms with Gasteiger partial charge in [0.1, 0.15) is 0 Å². The molecule has 5 aromatic carbocycles. The molecule has 0 saturated carbocycles. The number of pyridine rings is 3. The molecule has 4 aromatic heterocycles. The fourth-order valence-electron chi connectivity index (χ4n) is 6.64. The molecule has 0 amide bonds. The number of rotatable bonds is 8. The molecule has 0 unspecified atom stereocenters. The number of aromatic nitrogens is 5. The molecule has 0 atom stereocenters. The van der Waals surface area contributed by atoms with Crippen molar-refractivity contribution in [1.29, 1.82) is 0 Å². The molecular weight excluding hydrogens is 659 g/mol. The molecule has 9 aromatic rings. The third-order valence-electron chi connectivity index (χ3n) is 9.42. The van der Waals surface area contributed by atoms with Crippen LogP contribution in [0.15, 0.2) is 200 Å². The van der Waals surface area contributed by atoms with Crippen molar-refractivity contribution in [1.82, 2.24) is 24.9 Å². The SMILES string of the molecule is c1ccc(-c2cc(-c3ccccn3)nc(-c3cc(-c4ccc(-c5cccc(-c6cc(-c7ccccc7)nc(-c7ccccc7)n6)c5)cc4)ccn3)c2)cc1. The van der Waals surface area contributed by atoms with Crippen LogP contribution in [0.4, 0.5) is 0 Å². The summed E-state index contributed by atoms with van der Waals surface area (Å²) in [5.41, 5.74) is 14.6. The Morgan fingerprint density at radius 3 is 1.39 bits per heavy atom. The van der Waals surface area contributed by atoms with E-state index in [0.29, 0.717) is 5.82 Å². The van der Waals surface area contributed by atoms with Gasteiger partial charge in [-0.25, -0.2) is 15.0 Å². The molecule has 0 aliphatic heterocycles. The lowest BCUT2D eigenvalue weighted by atomic mass is 9.97. The van der Waals surface area contributed by atoms with Crippen molar-refractivity contribution in [2.45, 2.75) is 0 Å². The van der Waals surface area contributed by atoms with Crippen molar-refractivity contribution in [3.05, 3.63) is 200 Å². The Labute approximate surface area is 314 Å². The Morgan fingerprint density at radius 1 is 0.222 bits per heavy atom. The fraction of sp³-hybridized carbons (Fsp3) is 0. The second kappa shape index (κ2) is 14.7.